The van der Waals surface area contributed by atoms with E-state index in [1.165, 1.54) is 12.8 Å². The molecular formula is C14H20N6. The summed E-state index contributed by atoms with van der Waals surface area (Å²) in [6.45, 7) is 1.83. The highest BCUT2D eigenvalue weighted by Gasteiger charge is 1.95. The Morgan fingerprint density at radius 2 is 1.00 bits per heavy atom. The van der Waals surface area contributed by atoms with E-state index in [0.717, 1.165) is 25.9 Å². The van der Waals surface area contributed by atoms with Crippen molar-refractivity contribution in [1.82, 2.24) is 19.9 Å². The summed E-state index contributed by atoms with van der Waals surface area (Å²) >= 11 is 0. The molecule has 106 valence electrons. The third kappa shape index (κ3) is 5.60. The van der Waals surface area contributed by atoms with Crippen molar-refractivity contribution in [3.05, 3.63) is 36.9 Å². The zero-order valence-electron chi connectivity index (χ0n) is 11.5. The molecule has 0 aliphatic rings. The average Bonchev–Trinajstić information content (AvgIpc) is 2.52. The molecule has 0 unspecified atom stereocenters. The minimum atomic E-state index is 0.704. The van der Waals surface area contributed by atoms with Crippen LogP contribution in [0.1, 0.15) is 25.7 Å². The Bertz CT molecular complexity index is 416. The van der Waals surface area contributed by atoms with Gasteiger partial charge in [-0.1, -0.05) is 12.8 Å². The molecule has 0 amide bonds. The third-order valence-corrected chi connectivity index (χ3v) is 2.80. The molecule has 0 atom stereocenters. The molecule has 0 spiro atoms. The highest BCUT2D eigenvalue weighted by atomic mass is 15.1. The van der Waals surface area contributed by atoms with Crippen molar-refractivity contribution in [2.24, 2.45) is 0 Å². The highest BCUT2D eigenvalue weighted by Crippen LogP contribution is 2.02. The van der Waals surface area contributed by atoms with Crippen LogP contribution in [0.15, 0.2) is 36.9 Å². The molecule has 2 heterocycles. The molecule has 0 saturated carbocycles. The monoisotopic (exact) mass is 272 g/mol. The van der Waals surface area contributed by atoms with Gasteiger partial charge in [-0.3, -0.25) is 0 Å². The fraction of sp³-hybridized carbons (Fsp3) is 0.429. The van der Waals surface area contributed by atoms with E-state index in [1.807, 2.05) is 12.1 Å². The number of rotatable bonds is 9. The van der Waals surface area contributed by atoms with Crippen molar-refractivity contribution >= 4 is 11.9 Å². The number of nitrogens with zero attached hydrogens (tertiary/aromatic N) is 4. The Labute approximate surface area is 119 Å². The minimum Gasteiger partial charge on any atom is -0.354 e. The topological polar surface area (TPSA) is 75.6 Å². The number of hydrogen-bond donors (Lipinski definition) is 2. The first-order chi connectivity index (χ1) is 9.95. The Balaban J connectivity index is 1.44. The predicted octanol–water partition coefficient (Wildman–Crippen LogP) is 2.35. The van der Waals surface area contributed by atoms with Gasteiger partial charge in [0.05, 0.1) is 0 Å². The molecule has 0 aliphatic carbocycles. The fourth-order valence-electron chi connectivity index (χ4n) is 1.78. The largest absolute Gasteiger partial charge is 0.354 e. The fourth-order valence-corrected chi connectivity index (χ4v) is 1.78. The van der Waals surface area contributed by atoms with E-state index >= 15 is 0 Å². The lowest BCUT2D eigenvalue weighted by Crippen LogP contribution is -2.06. The summed E-state index contributed by atoms with van der Waals surface area (Å²) in [7, 11) is 0. The normalized spacial score (nSPS) is 10.2. The maximum absolute atomic E-state index is 4.11. The summed E-state index contributed by atoms with van der Waals surface area (Å²) in [4.78, 5) is 16.5. The second-order valence-electron chi connectivity index (χ2n) is 4.41. The molecule has 6 heteroatoms. The molecule has 0 saturated heterocycles. The molecule has 6 nitrogen and oxygen atoms in total. The summed E-state index contributed by atoms with van der Waals surface area (Å²) in [5.41, 5.74) is 0. The second-order valence-corrected chi connectivity index (χ2v) is 4.41. The Kier molecular flexibility index (Phi) is 6.23. The summed E-state index contributed by atoms with van der Waals surface area (Å²) in [5.74, 6) is 1.41. The number of nitrogens with one attached hydrogen (secondary N) is 2. The lowest BCUT2D eigenvalue weighted by Gasteiger charge is -2.05. The van der Waals surface area contributed by atoms with Crippen LogP contribution in [0.5, 0.6) is 0 Å². The first-order valence-electron chi connectivity index (χ1n) is 6.97. The summed E-state index contributed by atoms with van der Waals surface area (Å²) < 4.78 is 0. The van der Waals surface area contributed by atoms with Crippen molar-refractivity contribution in [2.45, 2.75) is 25.7 Å². The van der Waals surface area contributed by atoms with Gasteiger partial charge in [0.1, 0.15) is 0 Å². The van der Waals surface area contributed by atoms with E-state index in [-0.39, 0.29) is 0 Å². The SMILES string of the molecule is c1cnc(NCCCCCCNc2ncccn2)nc1. The van der Waals surface area contributed by atoms with Gasteiger partial charge in [0.15, 0.2) is 0 Å². The first kappa shape index (κ1) is 14.2. The van der Waals surface area contributed by atoms with Crippen LogP contribution in [0, 0.1) is 0 Å². The lowest BCUT2D eigenvalue weighted by atomic mass is 10.2. The van der Waals surface area contributed by atoms with E-state index in [9.17, 15) is 0 Å². The molecule has 0 fully saturated rings. The van der Waals surface area contributed by atoms with Crippen LogP contribution in [-0.4, -0.2) is 33.0 Å². The maximum atomic E-state index is 4.11. The van der Waals surface area contributed by atoms with Gasteiger partial charge in [-0.15, -0.1) is 0 Å². The van der Waals surface area contributed by atoms with Crippen molar-refractivity contribution < 1.29 is 0 Å². The molecular weight excluding hydrogens is 252 g/mol. The zero-order valence-corrected chi connectivity index (χ0v) is 11.5. The predicted molar refractivity (Wildman–Crippen MR) is 79.5 cm³/mol. The molecule has 2 aromatic rings. The van der Waals surface area contributed by atoms with Crippen LogP contribution < -0.4 is 10.6 Å². The highest BCUT2D eigenvalue weighted by molar-refractivity contribution is 5.22. The van der Waals surface area contributed by atoms with Crippen LogP contribution in [0.25, 0.3) is 0 Å². The molecule has 0 aliphatic heterocycles. The van der Waals surface area contributed by atoms with Gasteiger partial charge in [0, 0.05) is 37.9 Å². The molecule has 2 N–H and O–H groups in total. The molecule has 0 bridgehead atoms. The van der Waals surface area contributed by atoms with Crippen LogP contribution in [0.2, 0.25) is 0 Å². The van der Waals surface area contributed by atoms with Crippen LogP contribution in [0.4, 0.5) is 11.9 Å². The lowest BCUT2D eigenvalue weighted by molar-refractivity contribution is 0.668. The van der Waals surface area contributed by atoms with Gasteiger partial charge in [0.2, 0.25) is 11.9 Å². The third-order valence-electron chi connectivity index (χ3n) is 2.80. The summed E-state index contributed by atoms with van der Waals surface area (Å²) in [6, 6.07) is 3.63. The van der Waals surface area contributed by atoms with Gasteiger partial charge in [-0.05, 0) is 25.0 Å². The van der Waals surface area contributed by atoms with Gasteiger partial charge in [0.25, 0.3) is 0 Å². The molecule has 0 radical (unpaired) electrons. The van der Waals surface area contributed by atoms with Crippen LogP contribution in [0.3, 0.4) is 0 Å². The van der Waals surface area contributed by atoms with Crippen molar-refractivity contribution in [2.75, 3.05) is 23.7 Å². The number of hydrogen-bond acceptors (Lipinski definition) is 6. The molecule has 2 rings (SSSR count). The van der Waals surface area contributed by atoms with E-state index in [0.29, 0.717) is 11.9 Å². The maximum Gasteiger partial charge on any atom is 0.222 e. The minimum absolute atomic E-state index is 0.704. The molecule has 0 aromatic carbocycles. The smallest absolute Gasteiger partial charge is 0.222 e. The van der Waals surface area contributed by atoms with Crippen LogP contribution >= 0.6 is 0 Å². The average molecular weight is 272 g/mol. The van der Waals surface area contributed by atoms with Crippen molar-refractivity contribution in [1.29, 1.82) is 0 Å². The van der Waals surface area contributed by atoms with E-state index in [2.05, 4.69) is 30.6 Å². The zero-order chi connectivity index (χ0) is 13.9. The van der Waals surface area contributed by atoms with E-state index in [4.69, 9.17) is 0 Å². The van der Waals surface area contributed by atoms with E-state index in [1.54, 1.807) is 24.8 Å². The van der Waals surface area contributed by atoms with Gasteiger partial charge < -0.3 is 10.6 Å². The van der Waals surface area contributed by atoms with E-state index < -0.39 is 0 Å². The summed E-state index contributed by atoms with van der Waals surface area (Å²) in [5, 5.41) is 6.41. The van der Waals surface area contributed by atoms with Crippen molar-refractivity contribution in [3.8, 4) is 0 Å². The van der Waals surface area contributed by atoms with Gasteiger partial charge >= 0.3 is 0 Å². The Morgan fingerprint density at radius 3 is 1.40 bits per heavy atom. The van der Waals surface area contributed by atoms with Gasteiger partial charge in [-0.2, -0.15) is 0 Å². The quantitative estimate of drug-likeness (QED) is 0.682. The molecule has 20 heavy (non-hydrogen) atoms. The first-order valence-corrected chi connectivity index (χ1v) is 6.97. The summed E-state index contributed by atoms with van der Waals surface area (Å²) in [6.07, 6.45) is 11.6. The number of anilines is 2. The Morgan fingerprint density at radius 1 is 0.600 bits per heavy atom. The van der Waals surface area contributed by atoms with Gasteiger partial charge in [-0.25, -0.2) is 19.9 Å². The Hall–Kier alpha value is -2.24. The van der Waals surface area contributed by atoms with Crippen LogP contribution in [-0.2, 0) is 0 Å². The van der Waals surface area contributed by atoms with Crippen molar-refractivity contribution in [3.63, 3.8) is 0 Å². The second kappa shape index (κ2) is 8.79. The molecule has 2 aromatic heterocycles. The standard InChI is InChI=1S/C14H20N6/c1(3-7-15-13-17-9-5-10-18-13)2-4-8-16-14-19-11-6-12-20-14/h5-6,9-12H,1-4,7-8H2,(H,15,17,18)(H,16,19,20). The number of aromatic nitrogens is 4. The number of unbranched alkanes of at least 4 members (excludes halogenated alkanes) is 3.